The highest BCUT2D eigenvalue weighted by atomic mass is 16.4. The Hall–Kier alpha value is -2.38. The highest BCUT2D eigenvalue weighted by Gasteiger charge is 2.29. The first-order valence-corrected chi connectivity index (χ1v) is 8.05. The summed E-state index contributed by atoms with van der Waals surface area (Å²) in [4.78, 5) is 38.4. The zero-order valence-electron chi connectivity index (χ0n) is 14.1. The van der Waals surface area contributed by atoms with Gasteiger partial charge in [-0.2, -0.15) is 0 Å². The number of hydrogen-bond acceptors (Lipinski definition) is 4. The molecule has 1 aromatic rings. The number of rotatable bonds is 11. The fourth-order valence-corrected chi connectivity index (χ4v) is 2.80. The lowest BCUT2D eigenvalue weighted by Crippen LogP contribution is -2.30. The number of aliphatic carboxylic acids is 1. The smallest absolute Gasteiger partial charge is 0.306 e. The molecule has 0 saturated heterocycles. The van der Waals surface area contributed by atoms with Crippen LogP contribution in [0.2, 0.25) is 0 Å². The third-order valence-corrected chi connectivity index (χ3v) is 4.43. The highest BCUT2D eigenvalue weighted by molar-refractivity contribution is 5.78. The molecular formula is C16H26N4O4. The van der Waals surface area contributed by atoms with Crippen molar-refractivity contribution in [2.45, 2.75) is 45.6 Å². The van der Waals surface area contributed by atoms with Gasteiger partial charge < -0.3 is 21.1 Å². The Kier molecular flexibility index (Phi) is 7.41. The molecule has 0 aliphatic carbocycles. The Bertz CT molecular complexity index is 558. The average molecular weight is 338 g/mol. The van der Waals surface area contributed by atoms with Gasteiger partial charge in [0.15, 0.2) is 0 Å². The Morgan fingerprint density at radius 2 is 1.79 bits per heavy atom. The minimum Gasteiger partial charge on any atom is -0.481 e. The third kappa shape index (κ3) is 5.68. The maximum atomic E-state index is 11.6. The molecule has 24 heavy (non-hydrogen) atoms. The van der Waals surface area contributed by atoms with Gasteiger partial charge in [-0.15, -0.1) is 0 Å². The van der Waals surface area contributed by atoms with E-state index in [4.69, 9.17) is 11.5 Å². The predicted octanol–water partition coefficient (Wildman–Crippen LogP) is 0.928. The molecule has 4 atom stereocenters. The summed E-state index contributed by atoms with van der Waals surface area (Å²) < 4.78 is 1.78. The van der Waals surface area contributed by atoms with E-state index >= 15 is 0 Å². The molecule has 5 N–H and O–H groups in total. The number of carbonyl (C=O) groups excluding carboxylic acids is 2. The standard InChI is InChI=1S/C16H26N4O4/c1-3-11(15(18)22)7-12(16(23)24)8-13(6-10(2)14(17)21)20-5-4-19-9-20/h4-5,9-13H,3,6-8H2,1-2H3,(H2,17,21)(H2,18,22)(H,23,24). The number of primary amides is 2. The summed E-state index contributed by atoms with van der Waals surface area (Å²) in [5, 5.41) is 9.52. The van der Waals surface area contributed by atoms with Crippen molar-refractivity contribution in [2.75, 3.05) is 0 Å². The van der Waals surface area contributed by atoms with Crippen LogP contribution < -0.4 is 11.5 Å². The molecule has 4 unspecified atom stereocenters. The van der Waals surface area contributed by atoms with Crippen LogP contribution in [-0.4, -0.2) is 32.4 Å². The average Bonchev–Trinajstić information content (AvgIpc) is 3.03. The molecule has 0 fully saturated rings. The van der Waals surface area contributed by atoms with Gasteiger partial charge >= 0.3 is 5.97 Å². The van der Waals surface area contributed by atoms with Crippen molar-refractivity contribution in [2.24, 2.45) is 29.2 Å². The van der Waals surface area contributed by atoms with E-state index in [9.17, 15) is 19.5 Å². The van der Waals surface area contributed by atoms with Gasteiger partial charge in [0.25, 0.3) is 0 Å². The van der Waals surface area contributed by atoms with Crippen LogP contribution in [0.3, 0.4) is 0 Å². The number of amides is 2. The normalized spacial score (nSPS) is 16.1. The van der Waals surface area contributed by atoms with Gasteiger partial charge in [-0.3, -0.25) is 14.4 Å². The summed E-state index contributed by atoms with van der Waals surface area (Å²) in [5.41, 5.74) is 10.7. The van der Waals surface area contributed by atoms with E-state index in [2.05, 4.69) is 4.98 Å². The number of carboxylic acid groups (broad SMARTS) is 1. The van der Waals surface area contributed by atoms with E-state index in [1.54, 1.807) is 37.1 Å². The molecule has 1 heterocycles. The van der Waals surface area contributed by atoms with Gasteiger partial charge in [-0.25, -0.2) is 4.98 Å². The molecule has 0 aliphatic heterocycles. The Morgan fingerprint density at radius 3 is 2.21 bits per heavy atom. The molecule has 8 heteroatoms. The monoisotopic (exact) mass is 338 g/mol. The van der Waals surface area contributed by atoms with E-state index in [1.807, 2.05) is 0 Å². The van der Waals surface area contributed by atoms with Crippen molar-refractivity contribution >= 4 is 17.8 Å². The second kappa shape index (κ2) is 9.05. The van der Waals surface area contributed by atoms with Crippen molar-refractivity contribution in [1.82, 2.24) is 9.55 Å². The minimum atomic E-state index is -0.980. The van der Waals surface area contributed by atoms with Crippen molar-refractivity contribution in [3.05, 3.63) is 18.7 Å². The van der Waals surface area contributed by atoms with Crippen molar-refractivity contribution in [1.29, 1.82) is 0 Å². The Balaban J connectivity index is 2.93. The highest BCUT2D eigenvalue weighted by Crippen LogP contribution is 2.29. The lowest BCUT2D eigenvalue weighted by molar-refractivity contribution is -0.143. The third-order valence-electron chi connectivity index (χ3n) is 4.43. The van der Waals surface area contributed by atoms with Crippen LogP contribution in [0.5, 0.6) is 0 Å². The molecule has 0 aliphatic rings. The second-order valence-electron chi connectivity index (χ2n) is 6.22. The van der Waals surface area contributed by atoms with Crippen LogP contribution in [-0.2, 0) is 14.4 Å². The molecule has 0 radical (unpaired) electrons. The quantitative estimate of drug-likeness (QED) is 0.550. The summed E-state index contributed by atoms with van der Waals surface area (Å²) >= 11 is 0. The van der Waals surface area contributed by atoms with E-state index in [-0.39, 0.29) is 18.9 Å². The first-order chi connectivity index (χ1) is 11.3. The SMILES string of the molecule is CCC(CC(CC(CC(C)C(N)=O)n1ccnc1)C(=O)O)C(N)=O. The van der Waals surface area contributed by atoms with Gasteiger partial charge in [-0.1, -0.05) is 13.8 Å². The fourth-order valence-electron chi connectivity index (χ4n) is 2.80. The lowest BCUT2D eigenvalue weighted by atomic mass is 9.85. The van der Waals surface area contributed by atoms with Gasteiger partial charge in [0.05, 0.1) is 12.2 Å². The van der Waals surface area contributed by atoms with Gasteiger partial charge in [0, 0.05) is 30.3 Å². The fraction of sp³-hybridized carbons (Fsp3) is 0.625. The first kappa shape index (κ1) is 19.7. The summed E-state index contributed by atoms with van der Waals surface area (Å²) in [6.07, 6.45) is 6.25. The number of nitrogens with two attached hydrogens (primary N) is 2. The first-order valence-electron chi connectivity index (χ1n) is 8.05. The number of hydrogen-bond donors (Lipinski definition) is 3. The molecule has 0 spiro atoms. The molecule has 8 nitrogen and oxygen atoms in total. The van der Waals surface area contributed by atoms with Crippen LogP contribution >= 0.6 is 0 Å². The van der Waals surface area contributed by atoms with Crippen LogP contribution in [0.15, 0.2) is 18.7 Å². The van der Waals surface area contributed by atoms with Gasteiger partial charge in [0.2, 0.25) is 11.8 Å². The summed E-state index contributed by atoms with van der Waals surface area (Å²) in [7, 11) is 0. The van der Waals surface area contributed by atoms with E-state index in [1.165, 1.54) is 0 Å². The summed E-state index contributed by atoms with van der Waals surface area (Å²) in [5.74, 6) is -3.53. The number of imidazole rings is 1. The van der Waals surface area contributed by atoms with E-state index < -0.39 is 35.5 Å². The van der Waals surface area contributed by atoms with E-state index in [0.29, 0.717) is 12.8 Å². The van der Waals surface area contributed by atoms with Crippen LogP contribution in [0.4, 0.5) is 0 Å². The van der Waals surface area contributed by atoms with Gasteiger partial charge in [-0.05, 0) is 25.7 Å². The van der Waals surface area contributed by atoms with Crippen molar-refractivity contribution in [3.63, 3.8) is 0 Å². The number of nitrogens with zero attached hydrogens (tertiary/aromatic N) is 2. The van der Waals surface area contributed by atoms with Crippen LogP contribution in [0, 0.1) is 17.8 Å². The molecule has 0 saturated carbocycles. The number of carboxylic acids is 1. The number of aromatic nitrogens is 2. The minimum absolute atomic E-state index is 0.178. The van der Waals surface area contributed by atoms with Crippen LogP contribution in [0.1, 0.15) is 45.6 Å². The maximum absolute atomic E-state index is 11.6. The molecule has 0 bridgehead atoms. The van der Waals surface area contributed by atoms with E-state index in [0.717, 1.165) is 0 Å². The second-order valence-corrected chi connectivity index (χ2v) is 6.22. The maximum Gasteiger partial charge on any atom is 0.306 e. The van der Waals surface area contributed by atoms with Crippen LogP contribution in [0.25, 0.3) is 0 Å². The summed E-state index contributed by atoms with van der Waals surface area (Å²) in [6.45, 7) is 3.51. The molecular weight excluding hydrogens is 312 g/mol. The largest absolute Gasteiger partial charge is 0.481 e. The number of carbonyl (C=O) groups is 3. The molecule has 1 aromatic heterocycles. The Morgan fingerprint density at radius 1 is 1.12 bits per heavy atom. The molecule has 2 amide bonds. The van der Waals surface area contributed by atoms with Gasteiger partial charge in [0.1, 0.15) is 0 Å². The topological polar surface area (TPSA) is 141 Å². The van der Waals surface area contributed by atoms with Crippen molar-refractivity contribution < 1.29 is 19.5 Å². The van der Waals surface area contributed by atoms with Crippen molar-refractivity contribution in [3.8, 4) is 0 Å². The molecule has 1 rings (SSSR count). The molecule has 134 valence electrons. The summed E-state index contributed by atoms with van der Waals surface area (Å²) in [6, 6.07) is -0.249. The molecule has 0 aromatic carbocycles. The predicted molar refractivity (Wildman–Crippen MR) is 87.6 cm³/mol. The zero-order valence-corrected chi connectivity index (χ0v) is 14.1. The zero-order chi connectivity index (χ0) is 18.3. The lowest BCUT2D eigenvalue weighted by Gasteiger charge is -2.25. The Labute approximate surface area is 141 Å².